The van der Waals surface area contributed by atoms with E-state index in [0.29, 0.717) is 30.6 Å². The van der Waals surface area contributed by atoms with Gasteiger partial charge in [0.25, 0.3) is 0 Å². The van der Waals surface area contributed by atoms with Crippen LogP contribution in [0.1, 0.15) is 24.1 Å². The molecule has 0 saturated carbocycles. The zero-order valence-corrected chi connectivity index (χ0v) is 17.1. The highest BCUT2D eigenvalue weighted by Crippen LogP contribution is 2.30. The molecule has 0 saturated heterocycles. The smallest absolute Gasteiger partial charge is 0.382 e. The number of nitrogens with zero attached hydrogens (tertiary/aromatic N) is 3. The van der Waals surface area contributed by atoms with Gasteiger partial charge in [-0.05, 0) is 37.0 Å². The van der Waals surface area contributed by atoms with Gasteiger partial charge in [0.05, 0.1) is 11.9 Å². The number of nitrogens with two attached hydrogens (primary N) is 2. The first-order chi connectivity index (χ1) is 15.3. The Balaban J connectivity index is 1.71. The van der Waals surface area contributed by atoms with E-state index in [9.17, 15) is 18.0 Å². The summed E-state index contributed by atoms with van der Waals surface area (Å²) in [6, 6.07) is 9.86. The number of alkyl halides is 3. The van der Waals surface area contributed by atoms with E-state index in [0.717, 1.165) is 36.2 Å². The zero-order valence-electron chi connectivity index (χ0n) is 17.1. The maximum Gasteiger partial charge on any atom is 0.433 e. The summed E-state index contributed by atoms with van der Waals surface area (Å²) in [5.74, 6) is 0.102. The molecule has 3 aromatic rings. The summed E-state index contributed by atoms with van der Waals surface area (Å²) in [7, 11) is 0. The summed E-state index contributed by atoms with van der Waals surface area (Å²) in [5, 5.41) is 2.60. The molecule has 0 radical (unpaired) electrons. The summed E-state index contributed by atoms with van der Waals surface area (Å²) < 4.78 is 38.3. The Morgan fingerprint density at radius 3 is 2.34 bits per heavy atom. The van der Waals surface area contributed by atoms with E-state index in [-0.39, 0.29) is 17.6 Å². The second kappa shape index (κ2) is 10.2. The fourth-order valence-corrected chi connectivity index (χ4v) is 3.12. The quantitative estimate of drug-likeness (QED) is 0.344. The van der Waals surface area contributed by atoms with Gasteiger partial charge in [-0.15, -0.1) is 0 Å². The highest BCUT2D eigenvalue weighted by atomic mass is 19.4. The van der Waals surface area contributed by atoms with Gasteiger partial charge < -0.3 is 16.8 Å². The van der Waals surface area contributed by atoms with Crippen molar-refractivity contribution in [3.8, 4) is 22.5 Å². The number of anilines is 1. The Hall–Kier alpha value is -3.53. The van der Waals surface area contributed by atoms with Crippen LogP contribution in [-0.2, 0) is 17.4 Å². The standard InChI is InChI=1S/C22H23F3N6O/c23-22(24,25)19-8-6-16(11-29-19)20-21(27)30-12-18(31-20)15-4-1-14(2-5-15)3-7-17(26)9-10-28-13-32/h1-2,4-6,8,11-13,17H,3,7,9-10,26H2,(H2,27,30)(H,28,32). The third-order valence-electron chi connectivity index (χ3n) is 4.92. The van der Waals surface area contributed by atoms with Gasteiger partial charge in [-0.3, -0.25) is 9.78 Å². The average Bonchev–Trinajstić information content (AvgIpc) is 2.78. The van der Waals surface area contributed by atoms with Crippen LogP contribution in [0, 0.1) is 0 Å². The number of benzene rings is 1. The maximum atomic E-state index is 12.8. The van der Waals surface area contributed by atoms with E-state index in [2.05, 4.69) is 20.3 Å². The molecule has 0 aliphatic rings. The molecule has 0 spiro atoms. The third kappa shape index (κ3) is 6.01. The minimum Gasteiger partial charge on any atom is -0.382 e. The van der Waals surface area contributed by atoms with Crippen LogP contribution in [0.5, 0.6) is 0 Å². The van der Waals surface area contributed by atoms with Gasteiger partial charge in [0, 0.05) is 29.9 Å². The number of nitrogens with one attached hydrogen (secondary N) is 1. The van der Waals surface area contributed by atoms with Crippen molar-refractivity contribution in [3.05, 3.63) is 60.0 Å². The molecule has 2 heterocycles. The number of carbonyl (C=O) groups is 1. The summed E-state index contributed by atoms with van der Waals surface area (Å²) in [6.07, 6.45) is 1.02. The molecule has 3 rings (SSSR count). The van der Waals surface area contributed by atoms with Gasteiger partial charge in [-0.25, -0.2) is 9.97 Å². The molecule has 1 atom stereocenters. The average molecular weight is 444 g/mol. The minimum absolute atomic E-state index is 0.00927. The fraction of sp³-hybridized carbons (Fsp3) is 0.273. The van der Waals surface area contributed by atoms with Crippen molar-refractivity contribution in [1.82, 2.24) is 20.3 Å². The molecule has 168 valence electrons. The van der Waals surface area contributed by atoms with Crippen molar-refractivity contribution in [3.63, 3.8) is 0 Å². The minimum atomic E-state index is -4.52. The maximum absolute atomic E-state index is 12.8. The summed E-state index contributed by atoms with van der Waals surface area (Å²) in [4.78, 5) is 22.4. The SMILES string of the molecule is Nc1ncc(-c2ccc(CCC(N)CCNC=O)cc2)nc1-c1ccc(C(F)(F)F)nc1. The molecule has 0 aliphatic heterocycles. The number of hydrogen-bond acceptors (Lipinski definition) is 6. The second-order valence-corrected chi connectivity index (χ2v) is 7.28. The molecule has 2 aromatic heterocycles. The number of rotatable bonds is 9. The zero-order chi connectivity index (χ0) is 23.1. The lowest BCUT2D eigenvalue weighted by Crippen LogP contribution is -2.26. The van der Waals surface area contributed by atoms with Crippen LogP contribution >= 0.6 is 0 Å². The van der Waals surface area contributed by atoms with Gasteiger partial charge >= 0.3 is 6.18 Å². The highest BCUT2D eigenvalue weighted by Gasteiger charge is 2.32. The van der Waals surface area contributed by atoms with E-state index in [4.69, 9.17) is 11.5 Å². The number of nitrogen functional groups attached to an aromatic ring is 1. The fourth-order valence-electron chi connectivity index (χ4n) is 3.12. The molecular weight excluding hydrogens is 421 g/mol. The molecule has 10 heteroatoms. The van der Waals surface area contributed by atoms with Crippen LogP contribution in [0.15, 0.2) is 48.8 Å². The number of halogens is 3. The summed E-state index contributed by atoms with van der Waals surface area (Å²) in [6.45, 7) is 0.552. The van der Waals surface area contributed by atoms with E-state index >= 15 is 0 Å². The monoisotopic (exact) mass is 444 g/mol. The van der Waals surface area contributed by atoms with E-state index in [1.165, 1.54) is 12.3 Å². The molecule has 5 N–H and O–H groups in total. The van der Waals surface area contributed by atoms with Gasteiger partial charge in [0.1, 0.15) is 17.2 Å². The molecular formula is C22H23F3N6O. The van der Waals surface area contributed by atoms with Crippen LogP contribution in [0.25, 0.3) is 22.5 Å². The van der Waals surface area contributed by atoms with Crippen LogP contribution in [0.4, 0.5) is 19.0 Å². The normalized spacial score (nSPS) is 12.4. The van der Waals surface area contributed by atoms with Crippen molar-refractivity contribution in [2.24, 2.45) is 5.73 Å². The van der Waals surface area contributed by atoms with Gasteiger partial charge in [0.15, 0.2) is 0 Å². The lowest BCUT2D eigenvalue weighted by atomic mass is 10.0. The molecule has 1 amide bonds. The summed E-state index contributed by atoms with van der Waals surface area (Å²) >= 11 is 0. The van der Waals surface area contributed by atoms with Crippen LogP contribution in [0.2, 0.25) is 0 Å². The first-order valence-electron chi connectivity index (χ1n) is 9.96. The Morgan fingerprint density at radius 1 is 1.00 bits per heavy atom. The molecule has 0 bridgehead atoms. The first kappa shape index (κ1) is 23.1. The van der Waals surface area contributed by atoms with Crippen molar-refractivity contribution < 1.29 is 18.0 Å². The number of aromatic nitrogens is 3. The van der Waals surface area contributed by atoms with Crippen molar-refractivity contribution in [2.75, 3.05) is 12.3 Å². The van der Waals surface area contributed by atoms with Crippen molar-refractivity contribution in [2.45, 2.75) is 31.5 Å². The number of pyridine rings is 1. The van der Waals surface area contributed by atoms with E-state index in [1.54, 1.807) is 0 Å². The van der Waals surface area contributed by atoms with E-state index in [1.807, 2.05) is 24.3 Å². The number of hydrogen-bond donors (Lipinski definition) is 3. The van der Waals surface area contributed by atoms with Gasteiger partial charge in [-0.1, -0.05) is 24.3 Å². The molecule has 1 unspecified atom stereocenters. The Morgan fingerprint density at radius 2 is 1.72 bits per heavy atom. The predicted molar refractivity (Wildman–Crippen MR) is 115 cm³/mol. The van der Waals surface area contributed by atoms with Gasteiger partial charge in [0.2, 0.25) is 6.41 Å². The Kier molecular flexibility index (Phi) is 7.37. The molecule has 0 fully saturated rings. The topological polar surface area (TPSA) is 120 Å². The molecule has 7 nitrogen and oxygen atoms in total. The first-order valence-corrected chi connectivity index (χ1v) is 9.96. The highest BCUT2D eigenvalue weighted by molar-refractivity contribution is 5.72. The number of aryl methyl sites for hydroxylation is 1. The largest absolute Gasteiger partial charge is 0.433 e. The predicted octanol–water partition coefficient (Wildman–Crippen LogP) is 3.20. The van der Waals surface area contributed by atoms with Crippen LogP contribution < -0.4 is 16.8 Å². The number of carbonyl (C=O) groups excluding carboxylic acids is 1. The molecule has 1 aromatic carbocycles. The lowest BCUT2D eigenvalue weighted by Gasteiger charge is -2.12. The Labute approximate surface area is 183 Å². The van der Waals surface area contributed by atoms with E-state index < -0.39 is 11.9 Å². The summed E-state index contributed by atoms with van der Waals surface area (Å²) in [5.41, 5.74) is 14.0. The second-order valence-electron chi connectivity index (χ2n) is 7.28. The molecule has 32 heavy (non-hydrogen) atoms. The number of amides is 1. The third-order valence-corrected chi connectivity index (χ3v) is 4.92. The van der Waals surface area contributed by atoms with Crippen LogP contribution in [-0.4, -0.2) is 33.9 Å². The van der Waals surface area contributed by atoms with Gasteiger partial charge in [-0.2, -0.15) is 13.2 Å². The Bertz CT molecular complexity index is 1040. The lowest BCUT2D eigenvalue weighted by molar-refractivity contribution is -0.141. The molecule has 0 aliphatic carbocycles. The van der Waals surface area contributed by atoms with Crippen LogP contribution in [0.3, 0.4) is 0 Å². The van der Waals surface area contributed by atoms with Crippen molar-refractivity contribution in [1.29, 1.82) is 0 Å². The van der Waals surface area contributed by atoms with Crippen molar-refractivity contribution >= 4 is 12.2 Å².